The van der Waals surface area contributed by atoms with Crippen LogP contribution in [0.3, 0.4) is 0 Å². The van der Waals surface area contributed by atoms with E-state index in [0.29, 0.717) is 11.5 Å². The Hall–Kier alpha value is -3.25. The minimum absolute atomic E-state index is 0.112. The molecule has 2 heterocycles. The Balaban J connectivity index is 1.51. The van der Waals surface area contributed by atoms with Crippen LogP contribution in [0.2, 0.25) is 0 Å². The number of fused-ring (bicyclic) bond motifs is 1. The van der Waals surface area contributed by atoms with Crippen LogP contribution < -0.4 is 16.0 Å². The predicted octanol–water partition coefficient (Wildman–Crippen LogP) is 3.72. The van der Waals surface area contributed by atoms with Crippen molar-refractivity contribution in [1.82, 2.24) is 15.6 Å². The van der Waals surface area contributed by atoms with Crippen molar-refractivity contribution in [2.75, 3.05) is 11.9 Å². The molecule has 2 amide bonds. The number of amides is 2. The first-order valence-electron chi connectivity index (χ1n) is 10.3. The van der Waals surface area contributed by atoms with Gasteiger partial charge in [-0.05, 0) is 61.2 Å². The molecule has 1 aliphatic heterocycles. The van der Waals surface area contributed by atoms with Gasteiger partial charge in [0.15, 0.2) is 0 Å². The lowest BCUT2D eigenvalue weighted by Gasteiger charge is -2.18. The summed E-state index contributed by atoms with van der Waals surface area (Å²) in [4.78, 5) is 29.8. The van der Waals surface area contributed by atoms with E-state index in [1.165, 1.54) is 0 Å². The molecule has 1 aromatic heterocycles. The lowest BCUT2D eigenvalue weighted by Crippen LogP contribution is -2.36. The van der Waals surface area contributed by atoms with Crippen LogP contribution >= 0.6 is 0 Å². The van der Waals surface area contributed by atoms with Crippen LogP contribution in [-0.4, -0.2) is 29.4 Å². The van der Waals surface area contributed by atoms with Crippen LogP contribution in [0.5, 0.6) is 0 Å². The first-order chi connectivity index (χ1) is 14.5. The molecule has 6 nitrogen and oxygen atoms in total. The molecule has 4 rings (SSSR count). The number of benzene rings is 2. The van der Waals surface area contributed by atoms with E-state index in [9.17, 15) is 9.59 Å². The molecule has 1 aliphatic rings. The standard InChI is InChI=1S/C24H26N4O2/c1-15-12-13-21(28-23(29)20-11-6-14-25-20)27-22(15)24(30)26-16(2)18-10-5-8-17-7-3-4-9-19(17)18/h3-5,7-10,12-13,16,20,25H,6,11,14H2,1-2H3,(H,26,30)(H,27,28,29)/t16-,20-/m1/s1. The summed E-state index contributed by atoms with van der Waals surface area (Å²) in [5.41, 5.74) is 2.13. The molecule has 0 aliphatic carbocycles. The number of nitrogens with one attached hydrogen (secondary N) is 3. The van der Waals surface area contributed by atoms with E-state index in [2.05, 4.69) is 39.1 Å². The molecular formula is C24H26N4O2. The topological polar surface area (TPSA) is 83.1 Å². The fraction of sp³-hybridized carbons (Fsp3) is 0.292. The van der Waals surface area contributed by atoms with E-state index < -0.39 is 0 Å². The second-order valence-electron chi connectivity index (χ2n) is 7.76. The molecule has 3 aromatic rings. The number of pyridine rings is 1. The summed E-state index contributed by atoms with van der Waals surface area (Å²) in [6.07, 6.45) is 1.80. The number of carbonyl (C=O) groups excluding carboxylic acids is 2. The minimum Gasteiger partial charge on any atom is -0.344 e. The highest BCUT2D eigenvalue weighted by molar-refractivity contribution is 5.97. The van der Waals surface area contributed by atoms with Crippen molar-refractivity contribution in [3.05, 3.63) is 71.4 Å². The van der Waals surface area contributed by atoms with Crippen molar-refractivity contribution < 1.29 is 9.59 Å². The average Bonchev–Trinajstić information content (AvgIpc) is 3.29. The maximum absolute atomic E-state index is 13.0. The average molecular weight is 402 g/mol. The number of aryl methyl sites for hydroxylation is 1. The Kier molecular flexibility index (Phi) is 5.77. The Morgan fingerprint density at radius 3 is 2.70 bits per heavy atom. The van der Waals surface area contributed by atoms with Gasteiger partial charge in [0.1, 0.15) is 11.5 Å². The second-order valence-corrected chi connectivity index (χ2v) is 7.76. The lowest BCUT2D eigenvalue weighted by atomic mass is 9.99. The molecule has 0 saturated carbocycles. The molecule has 0 radical (unpaired) electrons. The van der Waals surface area contributed by atoms with Gasteiger partial charge in [-0.3, -0.25) is 9.59 Å². The van der Waals surface area contributed by atoms with Crippen LogP contribution in [0.1, 0.15) is 47.4 Å². The monoisotopic (exact) mass is 402 g/mol. The predicted molar refractivity (Wildman–Crippen MR) is 118 cm³/mol. The summed E-state index contributed by atoms with van der Waals surface area (Å²) >= 11 is 0. The zero-order valence-corrected chi connectivity index (χ0v) is 17.2. The third kappa shape index (κ3) is 4.19. The lowest BCUT2D eigenvalue weighted by molar-refractivity contribution is -0.117. The van der Waals surface area contributed by atoms with Gasteiger partial charge in [0.05, 0.1) is 12.1 Å². The number of aromatic nitrogens is 1. The highest BCUT2D eigenvalue weighted by atomic mass is 16.2. The highest BCUT2D eigenvalue weighted by Crippen LogP contribution is 2.24. The van der Waals surface area contributed by atoms with E-state index in [-0.39, 0.29) is 23.9 Å². The third-order valence-corrected chi connectivity index (χ3v) is 5.58. The van der Waals surface area contributed by atoms with Gasteiger partial charge in [0.2, 0.25) is 5.91 Å². The largest absolute Gasteiger partial charge is 0.344 e. The molecule has 1 fully saturated rings. The van der Waals surface area contributed by atoms with Crippen molar-refractivity contribution in [2.45, 2.75) is 38.8 Å². The number of nitrogens with zero attached hydrogens (tertiary/aromatic N) is 1. The Labute approximate surface area is 176 Å². The van der Waals surface area contributed by atoms with Gasteiger partial charge in [-0.25, -0.2) is 4.98 Å². The number of carbonyl (C=O) groups is 2. The van der Waals surface area contributed by atoms with E-state index in [0.717, 1.165) is 41.3 Å². The number of hydrogen-bond donors (Lipinski definition) is 3. The molecule has 6 heteroatoms. The number of rotatable bonds is 5. The Bertz CT molecular complexity index is 1080. The van der Waals surface area contributed by atoms with Crippen molar-refractivity contribution in [2.24, 2.45) is 0 Å². The normalized spacial score (nSPS) is 16.9. The second kappa shape index (κ2) is 8.63. The van der Waals surface area contributed by atoms with Gasteiger partial charge in [-0.15, -0.1) is 0 Å². The van der Waals surface area contributed by atoms with E-state index in [4.69, 9.17) is 0 Å². The molecule has 0 spiro atoms. The fourth-order valence-electron chi connectivity index (χ4n) is 3.92. The molecule has 30 heavy (non-hydrogen) atoms. The van der Waals surface area contributed by atoms with Gasteiger partial charge in [0.25, 0.3) is 5.91 Å². The molecule has 2 atom stereocenters. The molecule has 1 saturated heterocycles. The van der Waals surface area contributed by atoms with E-state index >= 15 is 0 Å². The maximum Gasteiger partial charge on any atom is 0.270 e. The summed E-state index contributed by atoms with van der Waals surface area (Å²) in [7, 11) is 0. The van der Waals surface area contributed by atoms with Gasteiger partial charge in [-0.1, -0.05) is 48.5 Å². The van der Waals surface area contributed by atoms with Crippen molar-refractivity contribution in [3.8, 4) is 0 Å². The van der Waals surface area contributed by atoms with Gasteiger partial charge < -0.3 is 16.0 Å². The van der Waals surface area contributed by atoms with E-state index in [1.54, 1.807) is 6.07 Å². The van der Waals surface area contributed by atoms with Crippen LogP contribution in [0, 0.1) is 6.92 Å². The summed E-state index contributed by atoms with van der Waals surface area (Å²) in [6, 6.07) is 17.4. The van der Waals surface area contributed by atoms with Crippen molar-refractivity contribution >= 4 is 28.4 Å². The van der Waals surface area contributed by atoms with Crippen LogP contribution in [-0.2, 0) is 4.79 Å². The van der Waals surface area contributed by atoms with Gasteiger partial charge in [-0.2, -0.15) is 0 Å². The molecular weight excluding hydrogens is 376 g/mol. The van der Waals surface area contributed by atoms with Crippen LogP contribution in [0.15, 0.2) is 54.6 Å². The first kappa shape index (κ1) is 20.0. The highest BCUT2D eigenvalue weighted by Gasteiger charge is 2.23. The quantitative estimate of drug-likeness (QED) is 0.607. The molecule has 154 valence electrons. The first-order valence-corrected chi connectivity index (χ1v) is 10.3. The number of hydrogen-bond acceptors (Lipinski definition) is 4. The summed E-state index contributed by atoms with van der Waals surface area (Å²) < 4.78 is 0. The molecule has 2 aromatic carbocycles. The maximum atomic E-state index is 13.0. The minimum atomic E-state index is -0.261. The smallest absolute Gasteiger partial charge is 0.270 e. The SMILES string of the molecule is Cc1ccc(NC(=O)[C@H]2CCCN2)nc1C(=O)N[C@H](C)c1cccc2ccccc12. The van der Waals surface area contributed by atoms with Crippen LogP contribution in [0.25, 0.3) is 10.8 Å². The molecule has 0 unspecified atom stereocenters. The van der Waals surface area contributed by atoms with Gasteiger partial charge >= 0.3 is 0 Å². The number of anilines is 1. The van der Waals surface area contributed by atoms with Crippen LogP contribution in [0.4, 0.5) is 5.82 Å². The third-order valence-electron chi connectivity index (χ3n) is 5.58. The van der Waals surface area contributed by atoms with E-state index in [1.807, 2.05) is 44.2 Å². The summed E-state index contributed by atoms with van der Waals surface area (Å²) in [6.45, 7) is 4.65. The summed E-state index contributed by atoms with van der Waals surface area (Å²) in [5.74, 6) is 0.0182. The molecule has 3 N–H and O–H groups in total. The Morgan fingerprint density at radius 1 is 1.10 bits per heavy atom. The zero-order chi connectivity index (χ0) is 21.1. The van der Waals surface area contributed by atoms with Crippen molar-refractivity contribution in [3.63, 3.8) is 0 Å². The van der Waals surface area contributed by atoms with Gasteiger partial charge in [0, 0.05) is 0 Å². The van der Waals surface area contributed by atoms with Crippen molar-refractivity contribution in [1.29, 1.82) is 0 Å². The Morgan fingerprint density at radius 2 is 1.90 bits per heavy atom. The summed E-state index contributed by atoms with van der Waals surface area (Å²) in [5, 5.41) is 11.3. The fourth-order valence-corrected chi connectivity index (χ4v) is 3.92. The zero-order valence-electron chi connectivity index (χ0n) is 17.2. The molecule has 0 bridgehead atoms.